The maximum Gasteiger partial charge on any atom is 0.337 e. The number of carboxylic acid groups (broad SMARTS) is 2. The van der Waals surface area contributed by atoms with Gasteiger partial charge in [0.15, 0.2) is 0 Å². The Hall–Kier alpha value is -2.08. The first kappa shape index (κ1) is 16.0. The van der Waals surface area contributed by atoms with E-state index in [-0.39, 0.29) is 17.2 Å². The number of aromatic carboxylic acids is 2. The van der Waals surface area contributed by atoms with E-state index in [4.69, 9.17) is 15.9 Å². The Morgan fingerprint density at radius 1 is 1.25 bits per heavy atom. The minimum absolute atomic E-state index is 0.0451. The van der Waals surface area contributed by atoms with Crippen molar-refractivity contribution >= 4 is 17.6 Å². The standard InChI is InChI=1S/C14H20N2O4/c1-9(4-2-3-7-15)16-12-8-10(13(17)18)5-6-11(12)14(19)20/h5-6,8-9,16H,2-4,7,15H2,1H3,(H,17,18)(H,19,20)/t9-/m1/s1. The van der Waals surface area contributed by atoms with Gasteiger partial charge in [0.25, 0.3) is 0 Å². The summed E-state index contributed by atoms with van der Waals surface area (Å²) >= 11 is 0. The zero-order valence-corrected chi connectivity index (χ0v) is 11.4. The van der Waals surface area contributed by atoms with Gasteiger partial charge in [0.2, 0.25) is 0 Å². The first-order valence-corrected chi connectivity index (χ1v) is 6.53. The Bertz CT molecular complexity index is 488. The molecule has 0 radical (unpaired) electrons. The highest BCUT2D eigenvalue weighted by Crippen LogP contribution is 2.20. The minimum Gasteiger partial charge on any atom is -0.478 e. The van der Waals surface area contributed by atoms with Crippen molar-refractivity contribution in [1.29, 1.82) is 0 Å². The lowest BCUT2D eigenvalue weighted by atomic mass is 10.1. The van der Waals surface area contributed by atoms with Crippen molar-refractivity contribution < 1.29 is 19.8 Å². The molecule has 110 valence electrons. The van der Waals surface area contributed by atoms with Crippen LogP contribution in [0, 0.1) is 0 Å². The van der Waals surface area contributed by atoms with Crippen molar-refractivity contribution in [2.75, 3.05) is 11.9 Å². The van der Waals surface area contributed by atoms with E-state index in [1.54, 1.807) is 0 Å². The lowest BCUT2D eigenvalue weighted by Gasteiger charge is -2.17. The van der Waals surface area contributed by atoms with Gasteiger partial charge in [0.05, 0.1) is 11.1 Å². The second kappa shape index (κ2) is 7.49. The van der Waals surface area contributed by atoms with Crippen LogP contribution in [0.4, 0.5) is 5.69 Å². The van der Waals surface area contributed by atoms with E-state index in [1.165, 1.54) is 18.2 Å². The van der Waals surface area contributed by atoms with Crippen molar-refractivity contribution in [3.8, 4) is 0 Å². The summed E-state index contributed by atoms with van der Waals surface area (Å²) in [4.78, 5) is 22.1. The van der Waals surface area contributed by atoms with Crippen LogP contribution in [0.1, 0.15) is 46.9 Å². The molecular weight excluding hydrogens is 260 g/mol. The quantitative estimate of drug-likeness (QED) is 0.542. The molecule has 5 N–H and O–H groups in total. The SMILES string of the molecule is C[C@H](CCCCN)Nc1cc(C(=O)O)ccc1C(=O)O. The first-order chi connectivity index (χ1) is 9.45. The number of hydrogen-bond acceptors (Lipinski definition) is 4. The van der Waals surface area contributed by atoms with Crippen LogP contribution < -0.4 is 11.1 Å². The van der Waals surface area contributed by atoms with Crippen molar-refractivity contribution in [3.05, 3.63) is 29.3 Å². The molecule has 6 nitrogen and oxygen atoms in total. The monoisotopic (exact) mass is 280 g/mol. The molecule has 0 heterocycles. The molecule has 0 spiro atoms. The molecule has 1 atom stereocenters. The molecule has 0 aliphatic carbocycles. The third-order valence-corrected chi connectivity index (χ3v) is 2.99. The van der Waals surface area contributed by atoms with E-state index in [2.05, 4.69) is 5.32 Å². The molecular formula is C14H20N2O4. The van der Waals surface area contributed by atoms with Gasteiger partial charge in [0.1, 0.15) is 0 Å². The lowest BCUT2D eigenvalue weighted by molar-refractivity contribution is 0.0682. The fourth-order valence-corrected chi connectivity index (χ4v) is 1.92. The van der Waals surface area contributed by atoms with Crippen LogP contribution in [0.5, 0.6) is 0 Å². The van der Waals surface area contributed by atoms with E-state index in [1.807, 2.05) is 6.92 Å². The number of benzene rings is 1. The average molecular weight is 280 g/mol. The van der Waals surface area contributed by atoms with Gasteiger partial charge >= 0.3 is 11.9 Å². The minimum atomic E-state index is -1.08. The third kappa shape index (κ3) is 4.55. The highest BCUT2D eigenvalue weighted by atomic mass is 16.4. The number of hydrogen-bond donors (Lipinski definition) is 4. The van der Waals surface area contributed by atoms with Crippen LogP contribution in [0.25, 0.3) is 0 Å². The highest BCUT2D eigenvalue weighted by molar-refractivity contribution is 5.97. The molecule has 1 aromatic carbocycles. The van der Waals surface area contributed by atoms with Crippen molar-refractivity contribution in [2.45, 2.75) is 32.2 Å². The smallest absolute Gasteiger partial charge is 0.337 e. The number of rotatable bonds is 8. The molecule has 0 amide bonds. The van der Waals surface area contributed by atoms with Crippen LogP contribution in [-0.2, 0) is 0 Å². The van der Waals surface area contributed by atoms with Crippen LogP contribution in [0.15, 0.2) is 18.2 Å². The largest absolute Gasteiger partial charge is 0.478 e. The number of anilines is 1. The molecule has 20 heavy (non-hydrogen) atoms. The van der Waals surface area contributed by atoms with E-state index in [0.29, 0.717) is 12.2 Å². The predicted octanol–water partition coefficient (Wildman–Crippen LogP) is 2.01. The summed E-state index contributed by atoms with van der Waals surface area (Å²) in [5.41, 5.74) is 5.88. The van der Waals surface area contributed by atoms with Crippen LogP contribution >= 0.6 is 0 Å². The molecule has 0 saturated heterocycles. The Kier molecular flexibility index (Phi) is 5.99. The van der Waals surface area contributed by atoms with Gasteiger partial charge in [-0.25, -0.2) is 9.59 Å². The number of nitrogens with one attached hydrogen (secondary N) is 1. The molecule has 1 aromatic rings. The van der Waals surface area contributed by atoms with Gasteiger partial charge in [-0.05, 0) is 44.5 Å². The molecule has 0 aromatic heterocycles. The first-order valence-electron chi connectivity index (χ1n) is 6.53. The molecule has 0 aliphatic heterocycles. The van der Waals surface area contributed by atoms with Gasteiger partial charge in [-0.3, -0.25) is 0 Å². The summed E-state index contributed by atoms with van der Waals surface area (Å²) in [5, 5.41) is 21.1. The molecule has 0 bridgehead atoms. The van der Waals surface area contributed by atoms with Gasteiger partial charge in [-0.15, -0.1) is 0 Å². The summed E-state index contributed by atoms with van der Waals surface area (Å²) in [5.74, 6) is -2.17. The summed E-state index contributed by atoms with van der Waals surface area (Å²) in [6, 6.07) is 3.99. The Labute approximate surface area is 117 Å². The third-order valence-electron chi connectivity index (χ3n) is 2.99. The molecule has 6 heteroatoms. The Morgan fingerprint density at radius 2 is 1.95 bits per heavy atom. The van der Waals surface area contributed by atoms with Crippen LogP contribution in [0.2, 0.25) is 0 Å². The summed E-state index contributed by atoms with van der Waals surface area (Å²) in [6.45, 7) is 2.55. The average Bonchev–Trinajstić information content (AvgIpc) is 2.38. The van der Waals surface area contributed by atoms with Crippen LogP contribution in [0.3, 0.4) is 0 Å². The number of carbonyl (C=O) groups is 2. The fourth-order valence-electron chi connectivity index (χ4n) is 1.92. The summed E-state index contributed by atoms with van der Waals surface area (Å²) in [6.07, 6.45) is 2.69. The van der Waals surface area contributed by atoms with Crippen molar-refractivity contribution in [2.24, 2.45) is 5.73 Å². The fraction of sp³-hybridized carbons (Fsp3) is 0.429. The van der Waals surface area contributed by atoms with Crippen molar-refractivity contribution in [3.63, 3.8) is 0 Å². The molecule has 0 unspecified atom stereocenters. The van der Waals surface area contributed by atoms with Gasteiger partial charge in [0, 0.05) is 11.7 Å². The number of unbranched alkanes of at least 4 members (excludes halogenated alkanes) is 1. The zero-order chi connectivity index (χ0) is 15.1. The predicted molar refractivity (Wildman–Crippen MR) is 76.4 cm³/mol. The van der Waals surface area contributed by atoms with E-state index in [0.717, 1.165) is 19.3 Å². The Balaban J connectivity index is 2.87. The molecule has 1 rings (SSSR count). The van der Waals surface area contributed by atoms with Gasteiger partial charge < -0.3 is 21.3 Å². The summed E-state index contributed by atoms with van der Waals surface area (Å²) in [7, 11) is 0. The lowest BCUT2D eigenvalue weighted by Crippen LogP contribution is -2.18. The second-order valence-electron chi connectivity index (χ2n) is 4.70. The maximum absolute atomic E-state index is 11.1. The van der Waals surface area contributed by atoms with E-state index in [9.17, 15) is 9.59 Å². The number of carboxylic acids is 2. The molecule has 0 saturated carbocycles. The number of nitrogens with two attached hydrogens (primary N) is 1. The van der Waals surface area contributed by atoms with E-state index >= 15 is 0 Å². The van der Waals surface area contributed by atoms with E-state index < -0.39 is 11.9 Å². The zero-order valence-electron chi connectivity index (χ0n) is 11.4. The second-order valence-corrected chi connectivity index (χ2v) is 4.70. The van der Waals surface area contributed by atoms with Crippen LogP contribution in [-0.4, -0.2) is 34.7 Å². The molecule has 0 aliphatic rings. The van der Waals surface area contributed by atoms with Gasteiger partial charge in [-0.1, -0.05) is 6.42 Å². The highest BCUT2D eigenvalue weighted by Gasteiger charge is 2.14. The maximum atomic E-state index is 11.1. The van der Waals surface area contributed by atoms with Crippen molar-refractivity contribution in [1.82, 2.24) is 0 Å². The topological polar surface area (TPSA) is 113 Å². The normalized spacial score (nSPS) is 11.9. The molecule has 0 fully saturated rings. The Morgan fingerprint density at radius 3 is 2.50 bits per heavy atom. The van der Waals surface area contributed by atoms with Gasteiger partial charge in [-0.2, -0.15) is 0 Å². The summed E-state index contributed by atoms with van der Waals surface area (Å²) < 4.78 is 0.